The largest absolute Gasteiger partial charge is 0.466 e. The molecule has 2 N–H and O–H groups in total. The number of aliphatic hydroxyl groups is 2. The monoisotopic (exact) mass is 450 g/mol. The molecule has 6 unspecified atom stereocenters. The summed E-state index contributed by atoms with van der Waals surface area (Å²) in [5.74, 6) is -0.562. The van der Waals surface area contributed by atoms with Gasteiger partial charge in [-0.2, -0.15) is 0 Å². The van der Waals surface area contributed by atoms with Crippen molar-refractivity contribution in [2.75, 3.05) is 6.61 Å². The van der Waals surface area contributed by atoms with Crippen LogP contribution in [-0.2, 0) is 18.8 Å². The van der Waals surface area contributed by atoms with Crippen molar-refractivity contribution in [3.8, 4) is 0 Å². The molecule has 0 heterocycles. The zero-order valence-corrected chi connectivity index (χ0v) is 19.6. The van der Waals surface area contributed by atoms with Gasteiger partial charge in [-0.25, -0.2) is 4.39 Å². The molecular weight excluding hydrogens is 410 g/mol. The number of rotatable bonds is 16. The van der Waals surface area contributed by atoms with E-state index in [1.165, 1.54) is 0 Å². The van der Waals surface area contributed by atoms with Gasteiger partial charge in [0.25, 0.3) is 0 Å². The van der Waals surface area contributed by atoms with Crippen LogP contribution in [0.1, 0.15) is 84.5 Å². The topological polar surface area (TPSA) is 93.1 Å². The Morgan fingerprint density at radius 3 is 2.47 bits per heavy atom. The maximum absolute atomic E-state index is 14.1. The average Bonchev–Trinajstić information content (AvgIpc) is 3.02. The van der Waals surface area contributed by atoms with Crippen molar-refractivity contribution < 1.29 is 33.5 Å². The van der Waals surface area contributed by atoms with Gasteiger partial charge in [-0.1, -0.05) is 19.8 Å². The second kappa shape index (κ2) is 15.2. The second-order valence-corrected chi connectivity index (χ2v) is 8.64. The van der Waals surface area contributed by atoms with Crippen molar-refractivity contribution in [1.29, 1.82) is 0 Å². The van der Waals surface area contributed by atoms with Gasteiger partial charge in [-0.3, -0.25) is 9.59 Å². The molecule has 1 saturated carbocycles. The van der Waals surface area contributed by atoms with E-state index in [1.807, 2.05) is 6.92 Å². The first-order valence-electron chi connectivity index (χ1n) is 11.4. The number of carbonyl (C=O) groups is 2. The van der Waals surface area contributed by atoms with Gasteiger partial charge in [-0.05, 0) is 50.9 Å². The minimum absolute atomic E-state index is 0.0455. The molecule has 6 nitrogen and oxygen atoms in total. The first kappa shape index (κ1) is 27.4. The predicted molar refractivity (Wildman–Crippen MR) is 117 cm³/mol. The first-order chi connectivity index (χ1) is 14.3. The molecule has 1 aliphatic rings. The Labute approximate surface area is 182 Å². The molecule has 0 bridgehead atoms. The molecule has 30 heavy (non-hydrogen) atoms. The van der Waals surface area contributed by atoms with E-state index in [0.29, 0.717) is 51.6 Å². The van der Waals surface area contributed by atoms with Crippen LogP contribution in [0.3, 0.4) is 0 Å². The van der Waals surface area contributed by atoms with Crippen LogP contribution < -0.4 is 0 Å². The molecular formula is C22H40FO6P. The lowest BCUT2D eigenvalue weighted by atomic mass is 9.84. The van der Waals surface area contributed by atoms with Gasteiger partial charge < -0.3 is 19.5 Å². The van der Waals surface area contributed by atoms with E-state index in [1.54, 1.807) is 6.92 Å². The summed E-state index contributed by atoms with van der Waals surface area (Å²) in [5, 5.41) is 20.6. The number of hydrogen-bond donors (Lipinski definition) is 2. The number of ether oxygens (including phenoxy) is 1. The predicted octanol–water partition coefficient (Wildman–Crippen LogP) is 3.91. The number of halogens is 1. The fourth-order valence-electron chi connectivity index (χ4n) is 4.32. The Kier molecular flexibility index (Phi) is 13.9. The number of esters is 1. The summed E-state index contributed by atoms with van der Waals surface area (Å²) in [7, 11) is 2.22. The molecule has 0 aliphatic heterocycles. The molecule has 0 aromatic rings. The molecule has 0 amide bonds. The third-order valence-electron chi connectivity index (χ3n) is 6.07. The van der Waals surface area contributed by atoms with E-state index >= 15 is 0 Å². The van der Waals surface area contributed by atoms with Crippen LogP contribution >= 0.6 is 9.47 Å². The molecule has 0 aromatic carbocycles. The average molecular weight is 451 g/mol. The number of carbonyl (C=O) groups excluding carboxylic acids is 2. The summed E-state index contributed by atoms with van der Waals surface area (Å²) in [6, 6.07) is 0. The van der Waals surface area contributed by atoms with Gasteiger partial charge >= 0.3 is 5.97 Å². The SMILES string of the molecule is CCCCC(F)C(O)CC[C@H]1C(OP)CC(O)C1CC(=O)CCCCC(=O)OCC. The summed E-state index contributed by atoms with van der Waals surface area (Å²) >= 11 is 0. The lowest BCUT2D eigenvalue weighted by Crippen LogP contribution is -2.28. The van der Waals surface area contributed by atoms with Crippen LogP contribution in [0.2, 0.25) is 0 Å². The number of alkyl halides is 1. The standard InChI is InChI=1S/C22H40FO6P/c1-3-5-9-18(23)19(25)12-11-16-17(20(26)14-21(16)29-30)13-15(24)8-6-7-10-22(27)28-4-2/h16-21,25-26H,3-14,30H2,1-2H3/t16-,17?,18?,19?,20?,21?/m1/s1. The van der Waals surface area contributed by atoms with E-state index in [4.69, 9.17) is 9.26 Å². The Balaban J connectivity index is 2.50. The highest BCUT2D eigenvalue weighted by Crippen LogP contribution is 2.41. The summed E-state index contributed by atoms with van der Waals surface area (Å²) < 4.78 is 24.4. The van der Waals surface area contributed by atoms with Crippen LogP contribution in [0.15, 0.2) is 0 Å². The van der Waals surface area contributed by atoms with Crippen molar-refractivity contribution in [2.45, 2.75) is 109 Å². The van der Waals surface area contributed by atoms with Gasteiger partial charge in [0, 0.05) is 35.2 Å². The first-order valence-corrected chi connectivity index (χ1v) is 11.8. The Bertz CT molecular complexity index is 506. The number of aliphatic hydroxyl groups excluding tert-OH is 2. The number of ketones is 1. The van der Waals surface area contributed by atoms with Gasteiger partial charge in [0.1, 0.15) is 12.0 Å². The van der Waals surface area contributed by atoms with Gasteiger partial charge in [0.15, 0.2) is 0 Å². The van der Waals surface area contributed by atoms with Gasteiger partial charge in [-0.15, -0.1) is 0 Å². The van der Waals surface area contributed by atoms with E-state index in [2.05, 4.69) is 9.47 Å². The maximum Gasteiger partial charge on any atom is 0.305 e. The Hall–Kier alpha value is -0.620. The van der Waals surface area contributed by atoms with Crippen molar-refractivity contribution in [3.63, 3.8) is 0 Å². The minimum Gasteiger partial charge on any atom is -0.466 e. The fourth-order valence-corrected chi connectivity index (χ4v) is 4.63. The van der Waals surface area contributed by atoms with E-state index in [9.17, 15) is 24.2 Å². The lowest BCUT2D eigenvalue weighted by Gasteiger charge is -2.26. The van der Waals surface area contributed by atoms with E-state index in [-0.39, 0.29) is 42.5 Å². The highest BCUT2D eigenvalue weighted by molar-refractivity contribution is 7.09. The number of unbranched alkanes of at least 4 members (excludes halogenated alkanes) is 2. The summed E-state index contributed by atoms with van der Waals surface area (Å²) in [6.07, 6.45) is 2.14. The van der Waals surface area contributed by atoms with Crippen LogP contribution in [0.4, 0.5) is 4.39 Å². The summed E-state index contributed by atoms with van der Waals surface area (Å²) in [5.41, 5.74) is 0. The van der Waals surface area contributed by atoms with Crippen molar-refractivity contribution in [2.24, 2.45) is 11.8 Å². The smallest absolute Gasteiger partial charge is 0.305 e. The van der Waals surface area contributed by atoms with Crippen molar-refractivity contribution in [3.05, 3.63) is 0 Å². The van der Waals surface area contributed by atoms with Gasteiger partial charge in [0.2, 0.25) is 0 Å². The lowest BCUT2D eigenvalue weighted by molar-refractivity contribution is -0.143. The molecule has 0 aromatic heterocycles. The van der Waals surface area contributed by atoms with E-state index < -0.39 is 18.4 Å². The fraction of sp³-hybridized carbons (Fsp3) is 0.909. The van der Waals surface area contributed by atoms with E-state index in [0.717, 1.165) is 12.8 Å². The molecule has 0 saturated heterocycles. The van der Waals surface area contributed by atoms with Crippen LogP contribution in [0.25, 0.3) is 0 Å². The van der Waals surface area contributed by atoms with Crippen LogP contribution in [0.5, 0.6) is 0 Å². The zero-order chi connectivity index (χ0) is 22.5. The molecule has 0 spiro atoms. The van der Waals surface area contributed by atoms with Crippen molar-refractivity contribution in [1.82, 2.24) is 0 Å². The highest BCUT2D eigenvalue weighted by Gasteiger charge is 2.43. The van der Waals surface area contributed by atoms with Crippen LogP contribution in [-0.4, -0.2) is 53.1 Å². The Morgan fingerprint density at radius 1 is 1.13 bits per heavy atom. The molecule has 0 radical (unpaired) electrons. The molecule has 8 heteroatoms. The highest BCUT2D eigenvalue weighted by atomic mass is 31.0. The Morgan fingerprint density at radius 2 is 1.83 bits per heavy atom. The summed E-state index contributed by atoms with van der Waals surface area (Å²) in [4.78, 5) is 23.8. The van der Waals surface area contributed by atoms with Crippen molar-refractivity contribution >= 4 is 21.2 Å². The summed E-state index contributed by atoms with van der Waals surface area (Å²) in [6.45, 7) is 4.10. The molecule has 7 atom stereocenters. The quantitative estimate of drug-likeness (QED) is 0.210. The third kappa shape index (κ3) is 9.67. The molecule has 1 rings (SSSR count). The van der Waals surface area contributed by atoms with Gasteiger partial charge in [0.05, 0.1) is 24.9 Å². The number of hydrogen-bond acceptors (Lipinski definition) is 6. The minimum atomic E-state index is -1.24. The molecule has 1 fully saturated rings. The zero-order valence-electron chi connectivity index (χ0n) is 18.4. The number of Topliss-reactive ketones (excluding diaryl/α,β-unsaturated/α-hetero) is 1. The normalized spacial score (nSPS) is 25.8. The molecule has 1 aliphatic carbocycles. The second-order valence-electron chi connectivity index (χ2n) is 8.36. The maximum atomic E-state index is 14.1. The third-order valence-corrected chi connectivity index (χ3v) is 6.42. The van der Waals surface area contributed by atoms with Crippen LogP contribution in [0, 0.1) is 11.8 Å². The molecule has 176 valence electrons.